The van der Waals surface area contributed by atoms with Crippen LogP contribution < -0.4 is 5.32 Å². The molecule has 4 rings (SSSR count). The molecular weight excluding hydrogens is 517 g/mol. The Balaban J connectivity index is 1.54. The van der Waals surface area contributed by atoms with Crippen LogP contribution in [0.1, 0.15) is 30.4 Å². The predicted molar refractivity (Wildman–Crippen MR) is 140 cm³/mol. The van der Waals surface area contributed by atoms with Crippen molar-refractivity contribution in [3.8, 4) is 0 Å². The van der Waals surface area contributed by atoms with E-state index in [0.29, 0.717) is 29.0 Å². The van der Waals surface area contributed by atoms with Gasteiger partial charge in [0.1, 0.15) is 5.25 Å². The normalized spacial score (nSPS) is 21.5. The van der Waals surface area contributed by atoms with Crippen molar-refractivity contribution in [3.05, 3.63) is 56.5 Å². The Bertz CT molecular complexity index is 1150. The summed E-state index contributed by atoms with van der Waals surface area (Å²) in [7, 11) is 0. The monoisotopic (exact) mass is 539 g/mol. The number of carbonyl (C=O) groups excluding carboxylic acids is 2. The number of hydrogen-bond acceptors (Lipinski definition) is 5. The van der Waals surface area contributed by atoms with Crippen LogP contribution in [0.5, 0.6) is 0 Å². The molecule has 2 aliphatic rings. The Hall–Kier alpha value is -1.77. The maximum Gasteiger partial charge on any atom is 0.242 e. The average Bonchev–Trinajstić information content (AvgIpc) is 3.39. The van der Waals surface area contributed by atoms with Crippen LogP contribution in [-0.4, -0.2) is 46.4 Å². The lowest BCUT2D eigenvalue weighted by Gasteiger charge is -2.20. The molecular formula is C24H24Cl3N3O3S. The predicted octanol–water partition coefficient (Wildman–Crippen LogP) is 6.40. The highest BCUT2D eigenvalue weighted by molar-refractivity contribution is 8.15. The highest BCUT2D eigenvalue weighted by Crippen LogP contribution is 2.35. The topological polar surface area (TPSA) is 71.0 Å². The molecule has 2 aromatic rings. The Morgan fingerprint density at radius 3 is 2.68 bits per heavy atom. The molecule has 2 atom stereocenters. The number of thioether (sulfide) groups is 1. The smallest absolute Gasteiger partial charge is 0.242 e. The van der Waals surface area contributed by atoms with Gasteiger partial charge in [0.05, 0.1) is 39.1 Å². The van der Waals surface area contributed by atoms with Gasteiger partial charge >= 0.3 is 0 Å². The first kappa shape index (κ1) is 25.3. The number of amidine groups is 1. The Labute approximate surface area is 218 Å². The number of rotatable bonds is 6. The second-order valence-corrected chi connectivity index (χ2v) is 10.8. The van der Waals surface area contributed by atoms with Crippen LogP contribution in [0.25, 0.3) is 0 Å². The molecule has 2 aliphatic heterocycles. The van der Waals surface area contributed by atoms with Crippen molar-refractivity contribution < 1.29 is 14.3 Å². The third-order valence-corrected chi connectivity index (χ3v) is 7.88. The van der Waals surface area contributed by atoms with Gasteiger partial charge in [-0.15, -0.1) is 0 Å². The summed E-state index contributed by atoms with van der Waals surface area (Å²) in [4.78, 5) is 32.6. The number of nitrogens with one attached hydrogen (secondary N) is 1. The number of hydrogen-bond donors (Lipinski definition) is 1. The van der Waals surface area contributed by atoms with Gasteiger partial charge in [0.25, 0.3) is 0 Å². The summed E-state index contributed by atoms with van der Waals surface area (Å²) >= 11 is 19.5. The molecule has 2 aromatic carbocycles. The second kappa shape index (κ2) is 10.9. The average molecular weight is 541 g/mol. The van der Waals surface area contributed by atoms with Crippen molar-refractivity contribution in [3.63, 3.8) is 0 Å². The first-order chi connectivity index (χ1) is 16.2. The summed E-state index contributed by atoms with van der Waals surface area (Å²) in [6.07, 6.45) is 1.80. The summed E-state index contributed by atoms with van der Waals surface area (Å²) in [6, 6.07) is 8.98. The number of aliphatic imine (C=N–C) groups is 1. The van der Waals surface area contributed by atoms with E-state index in [1.165, 1.54) is 23.9 Å². The van der Waals surface area contributed by atoms with E-state index >= 15 is 0 Å². The van der Waals surface area contributed by atoms with Crippen molar-refractivity contribution in [1.82, 2.24) is 4.90 Å². The minimum atomic E-state index is -0.605. The molecule has 0 aliphatic carbocycles. The molecule has 2 fully saturated rings. The fourth-order valence-electron chi connectivity index (χ4n) is 3.82. The molecule has 2 saturated heterocycles. The molecule has 6 nitrogen and oxygen atoms in total. The van der Waals surface area contributed by atoms with E-state index in [2.05, 4.69) is 5.32 Å². The first-order valence-corrected chi connectivity index (χ1v) is 12.9. The van der Waals surface area contributed by atoms with Gasteiger partial charge in [0, 0.05) is 13.0 Å². The van der Waals surface area contributed by atoms with Crippen LogP contribution in [0.4, 0.5) is 11.4 Å². The van der Waals surface area contributed by atoms with E-state index in [4.69, 9.17) is 44.5 Å². The van der Waals surface area contributed by atoms with Crippen molar-refractivity contribution in [2.24, 2.45) is 4.99 Å². The standard InChI is InChI=1S/C24H24Cl3N3O3S/c1-13-5-6-14(2)19(8-13)29-24-30(12-15-4-3-7-33-15)23(32)21(34-24)11-22(31)28-20-10-17(26)16(25)9-18(20)27/h5-6,8-10,15,21H,3-4,7,11-12H2,1-2H3,(H,28,31)/t15-,21-/m1/s1. The van der Waals surface area contributed by atoms with Crippen LogP contribution in [0.3, 0.4) is 0 Å². The quantitative estimate of drug-likeness (QED) is 0.430. The Kier molecular flexibility index (Phi) is 8.10. The van der Waals surface area contributed by atoms with Crippen molar-refractivity contribution in [2.75, 3.05) is 18.5 Å². The number of carbonyl (C=O) groups is 2. The highest BCUT2D eigenvalue weighted by Gasteiger charge is 2.40. The lowest BCUT2D eigenvalue weighted by molar-refractivity contribution is -0.129. The Morgan fingerprint density at radius 1 is 1.18 bits per heavy atom. The van der Waals surface area contributed by atoms with Crippen LogP contribution >= 0.6 is 46.6 Å². The molecule has 0 radical (unpaired) electrons. The molecule has 0 bridgehead atoms. The third kappa shape index (κ3) is 5.89. The van der Waals surface area contributed by atoms with Crippen molar-refractivity contribution >= 4 is 74.9 Å². The fraction of sp³-hybridized carbons (Fsp3) is 0.375. The van der Waals surface area contributed by atoms with Crippen LogP contribution in [0, 0.1) is 13.8 Å². The summed E-state index contributed by atoms with van der Waals surface area (Å²) in [6.45, 7) is 5.10. The lowest BCUT2D eigenvalue weighted by atomic mass is 10.1. The number of anilines is 1. The van der Waals surface area contributed by atoms with Crippen molar-refractivity contribution in [2.45, 2.75) is 44.5 Å². The van der Waals surface area contributed by atoms with E-state index in [9.17, 15) is 9.59 Å². The molecule has 0 saturated carbocycles. The number of halogens is 3. The van der Waals surface area contributed by atoms with Gasteiger partial charge in [0.15, 0.2) is 5.17 Å². The number of nitrogens with zero attached hydrogens (tertiary/aromatic N) is 2. The van der Waals surface area contributed by atoms with Gasteiger partial charge in [-0.1, -0.05) is 58.7 Å². The fourth-order valence-corrected chi connectivity index (χ4v) is 5.57. The van der Waals surface area contributed by atoms with Crippen molar-refractivity contribution in [1.29, 1.82) is 0 Å². The third-order valence-electron chi connectivity index (χ3n) is 5.67. The molecule has 180 valence electrons. The molecule has 1 N–H and O–H groups in total. The summed E-state index contributed by atoms with van der Waals surface area (Å²) < 4.78 is 5.76. The zero-order valence-electron chi connectivity index (χ0n) is 18.7. The van der Waals surface area contributed by atoms with Gasteiger partial charge < -0.3 is 10.1 Å². The molecule has 2 heterocycles. The largest absolute Gasteiger partial charge is 0.376 e. The van der Waals surface area contributed by atoms with Gasteiger partial charge in [-0.05, 0) is 56.0 Å². The van der Waals surface area contributed by atoms with E-state index in [1.54, 1.807) is 4.90 Å². The summed E-state index contributed by atoms with van der Waals surface area (Å²) in [5.74, 6) is -0.504. The molecule has 10 heteroatoms. The van der Waals surface area contributed by atoms with Crippen LogP contribution in [0.2, 0.25) is 15.1 Å². The summed E-state index contributed by atoms with van der Waals surface area (Å²) in [5, 5.41) is 3.55. The van der Waals surface area contributed by atoms with E-state index in [1.807, 2.05) is 32.0 Å². The minimum Gasteiger partial charge on any atom is -0.376 e. The number of aryl methyl sites for hydroxylation is 2. The van der Waals surface area contributed by atoms with Gasteiger partial charge in [0.2, 0.25) is 11.8 Å². The SMILES string of the molecule is Cc1ccc(C)c(N=C2S[C@H](CC(=O)Nc3cc(Cl)c(Cl)cc3Cl)C(=O)N2C[C@H]2CCCO2)c1. The van der Waals surface area contributed by atoms with Gasteiger partial charge in [-0.25, -0.2) is 4.99 Å². The number of amides is 2. The minimum absolute atomic E-state index is 0.0315. The highest BCUT2D eigenvalue weighted by atomic mass is 35.5. The van der Waals surface area contributed by atoms with E-state index in [-0.39, 0.29) is 34.4 Å². The number of ether oxygens (including phenoxy) is 1. The summed E-state index contributed by atoms with van der Waals surface area (Å²) in [5.41, 5.74) is 3.25. The zero-order chi connectivity index (χ0) is 24.4. The van der Waals surface area contributed by atoms with Crippen LogP contribution in [0.15, 0.2) is 35.3 Å². The first-order valence-electron chi connectivity index (χ1n) is 10.9. The maximum absolute atomic E-state index is 13.3. The van der Waals surface area contributed by atoms with Crippen LogP contribution in [-0.2, 0) is 14.3 Å². The molecule has 0 unspecified atom stereocenters. The van der Waals surface area contributed by atoms with Gasteiger partial charge in [-0.2, -0.15) is 0 Å². The Morgan fingerprint density at radius 2 is 1.94 bits per heavy atom. The molecule has 2 amide bonds. The maximum atomic E-state index is 13.3. The van der Waals surface area contributed by atoms with E-state index < -0.39 is 5.25 Å². The van der Waals surface area contributed by atoms with Gasteiger partial charge in [-0.3, -0.25) is 14.5 Å². The lowest BCUT2D eigenvalue weighted by Crippen LogP contribution is -2.38. The molecule has 0 spiro atoms. The second-order valence-electron chi connectivity index (χ2n) is 8.37. The van der Waals surface area contributed by atoms with E-state index in [0.717, 1.165) is 29.7 Å². The molecule has 34 heavy (non-hydrogen) atoms. The number of benzene rings is 2. The molecule has 0 aromatic heterocycles. The zero-order valence-corrected chi connectivity index (χ0v) is 21.8.